The molecule has 29 heavy (non-hydrogen) atoms. The molecule has 9 heteroatoms. The number of hydrogen-bond acceptors (Lipinski definition) is 6. The predicted molar refractivity (Wildman–Crippen MR) is 105 cm³/mol. The second-order valence-corrected chi connectivity index (χ2v) is 6.87. The number of benzene rings is 1. The van der Waals surface area contributed by atoms with Crippen molar-refractivity contribution in [1.29, 1.82) is 0 Å². The molecular weight excluding hydrogens is 374 g/mol. The Balaban J connectivity index is 1.50. The standard InChI is InChI=1S/C20H21N5O4/c1-2-29-20(28)13-7-9-14(10-8-13)22-17(26)11-24-19(27)18-15-5-3-4-6-16(15)23-25(18)12-21-24/h7-10,12H,2-6,11H2,1H3,(H,22,26). The van der Waals surface area contributed by atoms with Gasteiger partial charge in [-0.2, -0.15) is 10.2 Å². The van der Waals surface area contributed by atoms with E-state index in [9.17, 15) is 14.4 Å². The van der Waals surface area contributed by atoms with E-state index in [4.69, 9.17) is 4.74 Å². The van der Waals surface area contributed by atoms with Gasteiger partial charge in [0.15, 0.2) is 0 Å². The van der Waals surface area contributed by atoms with Crippen LogP contribution in [0.25, 0.3) is 5.52 Å². The maximum absolute atomic E-state index is 12.8. The topological polar surface area (TPSA) is 108 Å². The first kappa shape index (κ1) is 18.9. The van der Waals surface area contributed by atoms with Crippen molar-refractivity contribution < 1.29 is 14.3 Å². The van der Waals surface area contributed by atoms with Crippen LogP contribution in [0, 0.1) is 0 Å². The third-order valence-electron chi connectivity index (χ3n) is 4.89. The van der Waals surface area contributed by atoms with Gasteiger partial charge in [0.25, 0.3) is 5.56 Å². The van der Waals surface area contributed by atoms with E-state index in [-0.39, 0.29) is 18.0 Å². The van der Waals surface area contributed by atoms with E-state index in [2.05, 4.69) is 15.5 Å². The van der Waals surface area contributed by atoms with Gasteiger partial charge in [0.05, 0.1) is 17.9 Å². The average Bonchev–Trinajstić information content (AvgIpc) is 3.10. The Kier molecular flexibility index (Phi) is 5.11. The highest BCUT2D eigenvalue weighted by atomic mass is 16.5. The van der Waals surface area contributed by atoms with Crippen LogP contribution >= 0.6 is 0 Å². The summed E-state index contributed by atoms with van der Waals surface area (Å²) in [6, 6.07) is 6.36. The highest BCUT2D eigenvalue weighted by Gasteiger charge is 2.20. The van der Waals surface area contributed by atoms with Crippen molar-refractivity contribution in [3.63, 3.8) is 0 Å². The molecule has 150 valence electrons. The molecule has 0 unspecified atom stereocenters. The lowest BCUT2D eigenvalue weighted by Gasteiger charge is -2.09. The zero-order valence-corrected chi connectivity index (χ0v) is 16.1. The highest BCUT2D eigenvalue weighted by molar-refractivity contribution is 5.93. The number of amides is 1. The molecule has 3 aromatic rings. The second-order valence-electron chi connectivity index (χ2n) is 6.87. The van der Waals surface area contributed by atoms with Crippen LogP contribution in [-0.4, -0.2) is 37.9 Å². The number of aryl methyl sites for hydroxylation is 2. The van der Waals surface area contributed by atoms with Crippen molar-refractivity contribution >= 4 is 23.1 Å². The summed E-state index contributed by atoms with van der Waals surface area (Å²) >= 11 is 0. The smallest absolute Gasteiger partial charge is 0.338 e. The molecule has 1 aliphatic carbocycles. The van der Waals surface area contributed by atoms with Gasteiger partial charge in [-0.3, -0.25) is 9.59 Å². The Morgan fingerprint density at radius 2 is 1.93 bits per heavy atom. The second kappa shape index (κ2) is 7.86. The number of anilines is 1. The Labute approximate surface area is 166 Å². The van der Waals surface area contributed by atoms with E-state index in [1.807, 2.05) is 0 Å². The van der Waals surface area contributed by atoms with Gasteiger partial charge in [-0.15, -0.1) is 0 Å². The fraction of sp³-hybridized carbons (Fsp3) is 0.350. The van der Waals surface area contributed by atoms with Crippen LogP contribution in [0.1, 0.15) is 41.4 Å². The van der Waals surface area contributed by atoms with Crippen molar-refractivity contribution in [2.45, 2.75) is 39.2 Å². The summed E-state index contributed by atoms with van der Waals surface area (Å²) in [5, 5.41) is 11.2. The summed E-state index contributed by atoms with van der Waals surface area (Å²) < 4.78 is 7.59. The Morgan fingerprint density at radius 1 is 1.17 bits per heavy atom. The molecular formula is C20H21N5O4. The molecule has 0 atom stereocenters. The van der Waals surface area contributed by atoms with E-state index in [1.165, 1.54) is 10.8 Å². The molecule has 0 saturated carbocycles. The first-order valence-corrected chi connectivity index (χ1v) is 9.60. The number of nitrogens with zero attached hydrogens (tertiary/aromatic N) is 4. The van der Waals surface area contributed by atoms with Crippen LogP contribution in [-0.2, 0) is 28.9 Å². The average molecular weight is 395 g/mol. The Hall–Kier alpha value is -3.49. The van der Waals surface area contributed by atoms with Crippen LogP contribution in [0.15, 0.2) is 35.4 Å². The number of carbonyl (C=O) groups excluding carboxylic acids is 2. The van der Waals surface area contributed by atoms with Crippen molar-refractivity contribution in [2.75, 3.05) is 11.9 Å². The third-order valence-corrected chi connectivity index (χ3v) is 4.89. The van der Waals surface area contributed by atoms with Crippen molar-refractivity contribution in [3.8, 4) is 0 Å². The lowest BCUT2D eigenvalue weighted by molar-refractivity contribution is -0.117. The van der Waals surface area contributed by atoms with Gasteiger partial charge in [0.1, 0.15) is 18.4 Å². The summed E-state index contributed by atoms with van der Waals surface area (Å²) in [7, 11) is 0. The van der Waals surface area contributed by atoms with E-state index in [1.54, 1.807) is 31.2 Å². The molecule has 2 aromatic heterocycles. The molecule has 0 radical (unpaired) electrons. The number of fused-ring (bicyclic) bond motifs is 3. The lowest BCUT2D eigenvalue weighted by atomic mass is 9.97. The maximum Gasteiger partial charge on any atom is 0.338 e. The molecule has 1 aromatic carbocycles. The summed E-state index contributed by atoms with van der Waals surface area (Å²) in [5.41, 5.74) is 3.00. The molecule has 1 amide bonds. The van der Waals surface area contributed by atoms with Gasteiger partial charge >= 0.3 is 5.97 Å². The number of carbonyl (C=O) groups is 2. The van der Waals surface area contributed by atoms with Gasteiger partial charge in [-0.1, -0.05) is 0 Å². The van der Waals surface area contributed by atoms with Gasteiger partial charge in [0.2, 0.25) is 5.91 Å². The van der Waals surface area contributed by atoms with E-state index >= 15 is 0 Å². The molecule has 4 rings (SSSR count). The fourth-order valence-corrected chi connectivity index (χ4v) is 3.52. The first-order chi connectivity index (χ1) is 14.1. The Morgan fingerprint density at radius 3 is 2.69 bits per heavy atom. The number of nitrogens with one attached hydrogen (secondary N) is 1. The molecule has 0 bridgehead atoms. The molecule has 1 aliphatic rings. The highest BCUT2D eigenvalue weighted by Crippen LogP contribution is 2.22. The van der Waals surface area contributed by atoms with Crippen molar-refractivity contribution in [1.82, 2.24) is 19.4 Å². The minimum absolute atomic E-state index is 0.213. The van der Waals surface area contributed by atoms with Gasteiger partial charge < -0.3 is 10.1 Å². The minimum Gasteiger partial charge on any atom is -0.462 e. The molecule has 9 nitrogen and oxygen atoms in total. The fourth-order valence-electron chi connectivity index (χ4n) is 3.52. The predicted octanol–water partition coefficient (Wildman–Crippen LogP) is 1.59. The zero-order chi connectivity index (χ0) is 20.4. The molecule has 0 fully saturated rings. The summed E-state index contributed by atoms with van der Waals surface area (Å²) in [6.45, 7) is 1.82. The normalized spacial score (nSPS) is 13.1. The summed E-state index contributed by atoms with van der Waals surface area (Å²) in [5.74, 6) is -0.806. The number of aromatic nitrogens is 4. The monoisotopic (exact) mass is 395 g/mol. The van der Waals surface area contributed by atoms with Gasteiger partial charge in [0, 0.05) is 11.3 Å². The molecule has 1 N–H and O–H groups in total. The first-order valence-electron chi connectivity index (χ1n) is 9.60. The quantitative estimate of drug-likeness (QED) is 0.658. The third kappa shape index (κ3) is 3.75. The number of esters is 1. The lowest BCUT2D eigenvalue weighted by Crippen LogP contribution is -2.31. The number of ether oxygens (including phenoxy) is 1. The molecule has 0 saturated heterocycles. The van der Waals surface area contributed by atoms with Crippen LogP contribution < -0.4 is 10.9 Å². The number of hydrogen-bond donors (Lipinski definition) is 1. The van der Waals surface area contributed by atoms with E-state index in [0.717, 1.165) is 41.6 Å². The number of rotatable bonds is 5. The van der Waals surface area contributed by atoms with Crippen LogP contribution in [0.3, 0.4) is 0 Å². The zero-order valence-electron chi connectivity index (χ0n) is 16.1. The van der Waals surface area contributed by atoms with E-state index < -0.39 is 5.97 Å². The van der Waals surface area contributed by atoms with Crippen LogP contribution in [0.4, 0.5) is 5.69 Å². The van der Waals surface area contributed by atoms with E-state index in [0.29, 0.717) is 23.4 Å². The summed E-state index contributed by atoms with van der Waals surface area (Å²) in [4.78, 5) is 36.9. The molecule has 0 aliphatic heterocycles. The van der Waals surface area contributed by atoms with Crippen LogP contribution in [0.2, 0.25) is 0 Å². The molecule has 2 heterocycles. The Bertz CT molecular complexity index is 1130. The summed E-state index contributed by atoms with van der Waals surface area (Å²) in [6.07, 6.45) is 5.24. The SMILES string of the molecule is CCOC(=O)c1ccc(NC(=O)Cn2ncn3nc4c(c3c2=O)CCCC4)cc1. The van der Waals surface area contributed by atoms with Gasteiger partial charge in [-0.25, -0.2) is 14.0 Å². The minimum atomic E-state index is -0.418. The molecule has 0 spiro atoms. The largest absolute Gasteiger partial charge is 0.462 e. The maximum atomic E-state index is 12.8. The van der Waals surface area contributed by atoms with Gasteiger partial charge in [-0.05, 0) is 56.9 Å². The van der Waals surface area contributed by atoms with Crippen LogP contribution in [0.5, 0.6) is 0 Å². The van der Waals surface area contributed by atoms with Crippen molar-refractivity contribution in [2.24, 2.45) is 0 Å². The van der Waals surface area contributed by atoms with Crippen molar-refractivity contribution in [3.05, 3.63) is 57.8 Å².